The van der Waals surface area contributed by atoms with Crippen molar-refractivity contribution in [2.24, 2.45) is 0 Å². The average Bonchev–Trinajstić information content (AvgIpc) is 3.09. The lowest BCUT2D eigenvalue weighted by atomic mass is 10.1. The summed E-state index contributed by atoms with van der Waals surface area (Å²) >= 11 is 0. The molecule has 1 aliphatic rings. The van der Waals surface area contributed by atoms with Crippen LogP contribution in [-0.4, -0.2) is 20.6 Å². The van der Waals surface area contributed by atoms with Crippen LogP contribution >= 0.6 is 0 Å². The van der Waals surface area contributed by atoms with Crippen LogP contribution in [-0.2, 0) is 6.54 Å². The van der Waals surface area contributed by atoms with Crippen LogP contribution in [0.1, 0.15) is 31.0 Å². The van der Waals surface area contributed by atoms with E-state index >= 15 is 0 Å². The number of imidazole rings is 1. The Kier molecular flexibility index (Phi) is 2.96. The summed E-state index contributed by atoms with van der Waals surface area (Å²) in [5, 5.41) is 3.64. The molecular formula is C13H18N4. The molecule has 0 aromatic carbocycles. The maximum atomic E-state index is 4.14. The van der Waals surface area contributed by atoms with Crippen molar-refractivity contribution in [2.75, 3.05) is 0 Å². The topological polar surface area (TPSA) is 45.6 Å². The number of nitrogens with zero attached hydrogens (tertiary/aromatic N) is 2. The molecule has 17 heavy (non-hydrogen) atoms. The van der Waals surface area contributed by atoms with Crippen LogP contribution in [0.2, 0.25) is 0 Å². The molecular weight excluding hydrogens is 212 g/mol. The summed E-state index contributed by atoms with van der Waals surface area (Å²) in [6.45, 7) is 0.920. The third-order valence-corrected chi connectivity index (χ3v) is 3.60. The Morgan fingerprint density at radius 3 is 3.24 bits per heavy atom. The van der Waals surface area contributed by atoms with Gasteiger partial charge in [0.15, 0.2) is 0 Å². The van der Waals surface area contributed by atoms with Crippen LogP contribution in [0.15, 0.2) is 37.1 Å². The Labute approximate surface area is 101 Å². The summed E-state index contributed by atoms with van der Waals surface area (Å²) in [6.07, 6.45) is 11.6. The molecule has 1 fully saturated rings. The van der Waals surface area contributed by atoms with Gasteiger partial charge in [-0.2, -0.15) is 0 Å². The predicted octanol–water partition coefficient (Wildman–Crippen LogP) is 2.09. The molecule has 2 heterocycles. The highest BCUT2D eigenvalue weighted by Gasteiger charge is 2.27. The number of hydrogen-bond donors (Lipinski definition) is 2. The first kappa shape index (κ1) is 10.6. The van der Waals surface area contributed by atoms with Gasteiger partial charge in [0, 0.05) is 42.9 Å². The van der Waals surface area contributed by atoms with E-state index in [1.165, 1.54) is 25.0 Å². The summed E-state index contributed by atoms with van der Waals surface area (Å²) in [5.74, 6) is 0. The molecule has 0 bridgehead atoms. The molecule has 0 radical (unpaired) electrons. The van der Waals surface area contributed by atoms with E-state index in [0.29, 0.717) is 12.1 Å². The van der Waals surface area contributed by atoms with Crippen molar-refractivity contribution in [1.29, 1.82) is 0 Å². The van der Waals surface area contributed by atoms with E-state index in [2.05, 4.69) is 32.1 Å². The van der Waals surface area contributed by atoms with Gasteiger partial charge in [-0.15, -0.1) is 0 Å². The third kappa shape index (κ3) is 2.26. The van der Waals surface area contributed by atoms with E-state index < -0.39 is 0 Å². The normalized spacial score (nSPS) is 24.2. The molecule has 2 N–H and O–H groups in total. The Bertz CT molecular complexity index is 432. The zero-order valence-electron chi connectivity index (χ0n) is 9.84. The van der Waals surface area contributed by atoms with E-state index in [4.69, 9.17) is 0 Å². The lowest BCUT2D eigenvalue weighted by Crippen LogP contribution is -2.33. The molecule has 0 saturated heterocycles. The van der Waals surface area contributed by atoms with Gasteiger partial charge in [0.1, 0.15) is 0 Å². The minimum absolute atomic E-state index is 0.562. The van der Waals surface area contributed by atoms with Gasteiger partial charge in [0.25, 0.3) is 0 Å². The van der Waals surface area contributed by atoms with Crippen LogP contribution in [0, 0.1) is 0 Å². The van der Waals surface area contributed by atoms with Gasteiger partial charge in [0.2, 0.25) is 0 Å². The van der Waals surface area contributed by atoms with Gasteiger partial charge in [0.05, 0.1) is 6.33 Å². The van der Waals surface area contributed by atoms with Crippen molar-refractivity contribution in [3.05, 3.63) is 42.7 Å². The summed E-state index contributed by atoms with van der Waals surface area (Å²) in [5.41, 5.74) is 1.25. The van der Waals surface area contributed by atoms with E-state index in [1.807, 2.05) is 24.8 Å². The molecule has 1 saturated carbocycles. The smallest absolute Gasteiger partial charge is 0.0949 e. The van der Waals surface area contributed by atoms with Gasteiger partial charge in [-0.3, -0.25) is 0 Å². The van der Waals surface area contributed by atoms with Crippen molar-refractivity contribution >= 4 is 0 Å². The molecule has 4 heteroatoms. The van der Waals surface area contributed by atoms with Crippen LogP contribution in [0.25, 0.3) is 0 Å². The first-order chi connectivity index (χ1) is 8.43. The van der Waals surface area contributed by atoms with E-state index in [-0.39, 0.29) is 0 Å². The van der Waals surface area contributed by atoms with Crippen LogP contribution in [0.3, 0.4) is 0 Å². The highest BCUT2D eigenvalue weighted by atomic mass is 15.1. The highest BCUT2D eigenvalue weighted by molar-refractivity contribution is 5.04. The van der Waals surface area contributed by atoms with E-state index in [1.54, 1.807) is 0 Å². The van der Waals surface area contributed by atoms with Gasteiger partial charge >= 0.3 is 0 Å². The standard InChI is InChI=1S/C13H18N4/c1-4-12(16-9-11-3-2-6-15-11)13(5-1)17-8-7-14-10-17/h2-3,6-8,10,12-13,15-16H,1,4-5,9H2. The zero-order chi connectivity index (χ0) is 11.5. The number of rotatable bonds is 4. The number of aromatic amines is 1. The molecule has 2 aromatic rings. The molecule has 0 spiro atoms. The largest absolute Gasteiger partial charge is 0.364 e. The zero-order valence-corrected chi connectivity index (χ0v) is 9.84. The lowest BCUT2D eigenvalue weighted by molar-refractivity contribution is 0.389. The Hall–Kier alpha value is -1.55. The SMILES string of the molecule is c1c[nH]c(CNC2CCCC2n2ccnc2)c1. The first-order valence-corrected chi connectivity index (χ1v) is 6.26. The van der Waals surface area contributed by atoms with Crippen molar-refractivity contribution in [3.63, 3.8) is 0 Å². The van der Waals surface area contributed by atoms with Gasteiger partial charge in [-0.05, 0) is 31.4 Å². The molecule has 90 valence electrons. The molecule has 2 atom stereocenters. The number of H-pyrrole nitrogens is 1. The molecule has 2 aromatic heterocycles. The van der Waals surface area contributed by atoms with E-state index in [9.17, 15) is 0 Å². The molecule has 4 nitrogen and oxygen atoms in total. The van der Waals surface area contributed by atoms with Crippen molar-refractivity contribution in [2.45, 2.75) is 37.9 Å². The van der Waals surface area contributed by atoms with Crippen molar-refractivity contribution < 1.29 is 0 Å². The number of aromatic nitrogens is 3. The summed E-state index contributed by atoms with van der Waals surface area (Å²) in [6, 6.07) is 5.28. The second-order valence-electron chi connectivity index (χ2n) is 4.69. The van der Waals surface area contributed by atoms with Gasteiger partial charge < -0.3 is 14.9 Å². The monoisotopic (exact) mass is 230 g/mol. The van der Waals surface area contributed by atoms with E-state index in [0.717, 1.165) is 6.54 Å². The molecule has 0 amide bonds. The Balaban J connectivity index is 1.62. The first-order valence-electron chi connectivity index (χ1n) is 6.26. The number of nitrogens with one attached hydrogen (secondary N) is 2. The Morgan fingerprint density at radius 1 is 1.47 bits per heavy atom. The molecule has 2 unspecified atom stereocenters. The quantitative estimate of drug-likeness (QED) is 0.845. The fourth-order valence-corrected chi connectivity index (χ4v) is 2.72. The second-order valence-corrected chi connectivity index (χ2v) is 4.69. The maximum Gasteiger partial charge on any atom is 0.0949 e. The van der Waals surface area contributed by atoms with Crippen LogP contribution in [0.4, 0.5) is 0 Å². The maximum absolute atomic E-state index is 4.14. The highest BCUT2D eigenvalue weighted by Crippen LogP contribution is 2.29. The minimum atomic E-state index is 0.562. The lowest BCUT2D eigenvalue weighted by Gasteiger charge is -2.22. The summed E-state index contributed by atoms with van der Waals surface area (Å²) < 4.78 is 2.24. The Morgan fingerprint density at radius 2 is 2.47 bits per heavy atom. The summed E-state index contributed by atoms with van der Waals surface area (Å²) in [7, 11) is 0. The third-order valence-electron chi connectivity index (χ3n) is 3.60. The molecule has 0 aliphatic heterocycles. The van der Waals surface area contributed by atoms with Crippen LogP contribution < -0.4 is 5.32 Å². The summed E-state index contributed by atoms with van der Waals surface area (Å²) in [4.78, 5) is 7.37. The second kappa shape index (κ2) is 4.75. The fraction of sp³-hybridized carbons (Fsp3) is 0.462. The van der Waals surface area contributed by atoms with Crippen molar-refractivity contribution in [1.82, 2.24) is 19.9 Å². The minimum Gasteiger partial charge on any atom is -0.364 e. The van der Waals surface area contributed by atoms with Gasteiger partial charge in [-0.25, -0.2) is 4.98 Å². The fourth-order valence-electron chi connectivity index (χ4n) is 2.72. The average molecular weight is 230 g/mol. The molecule has 1 aliphatic carbocycles. The van der Waals surface area contributed by atoms with Gasteiger partial charge in [-0.1, -0.05) is 0 Å². The van der Waals surface area contributed by atoms with Crippen molar-refractivity contribution in [3.8, 4) is 0 Å². The molecule has 3 rings (SSSR count). The van der Waals surface area contributed by atoms with Crippen LogP contribution in [0.5, 0.6) is 0 Å². The predicted molar refractivity (Wildman–Crippen MR) is 66.5 cm³/mol. The number of hydrogen-bond acceptors (Lipinski definition) is 2.